The average Bonchev–Trinajstić information content (AvgIpc) is 2.70. The van der Waals surface area contributed by atoms with Gasteiger partial charge >= 0.3 is 0 Å². The molecule has 0 spiro atoms. The van der Waals surface area contributed by atoms with Crippen molar-refractivity contribution in [3.05, 3.63) is 36.0 Å². The first-order valence-electron chi connectivity index (χ1n) is 5.38. The lowest BCUT2D eigenvalue weighted by molar-refractivity contribution is -0.129. The van der Waals surface area contributed by atoms with Gasteiger partial charge in [0.15, 0.2) is 0 Å². The molecule has 3 nitrogen and oxygen atoms in total. The molecular weight excluding hydrogens is 200 g/mol. The monoisotopic (exact) mass is 216 g/mol. The lowest BCUT2D eigenvalue weighted by Crippen LogP contribution is -2.26. The molecule has 84 valence electrons. The minimum Gasteiger partial charge on any atom is -0.358 e. The second-order valence-electron chi connectivity index (χ2n) is 4.27. The zero-order chi connectivity index (χ0) is 11.7. The van der Waals surface area contributed by atoms with Gasteiger partial charge in [-0.2, -0.15) is 0 Å². The first kappa shape index (κ1) is 10.7. The van der Waals surface area contributed by atoms with E-state index < -0.39 is 0 Å². The molecule has 3 heteroatoms. The van der Waals surface area contributed by atoms with Crippen LogP contribution in [-0.4, -0.2) is 29.9 Å². The molecule has 0 saturated carbocycles. The summed E-state index contributed by atoms with van der Waals surface area (Å²) in [6.07, 6.45) is 0. The van der Waals surface area contributed by atoms with Crippen molar-refractivity contribution >= 4 is 16.8 Å². The van der Waals surface area contributed by atoms with Crippen LogP contribution in [0.1, 0.15) is 18.5 Å². The maximum atomic E-state index is 11.8. The molecule has 1 heterocycles. The Bertz CT molecular complexity index is 480. The van der Waals surface area contributed by atoms with Gasteiger partial charge < -0.3 is 9.88 Å². The Morgan fingerprint density at radius 1 is 1.31 bits per heavy atom. The van der Waals surface area contributed by atoms with Crippen LogP contribution in [0.3, 0.4) is 0 Å². The number of carbonyl (C=O) groups excluding carboxylic acids is 1. The molecule has 1 amide bonds. The van der Waals surface area contributed by atoms with E-state index in [1.807, 2.05) is 37.3 Å². The molecule has 0 bridgehead atoms. The maximum Gasteiger partial charge on any atom is 0.230 e. The SMILES string of the molecule is CC(C(=O)N(C)C)c1cc2ccccc2[nH]1. The van der Waals surface area contributed by atoms with Crippen LogP contribution in [0.2, 0.25) is 0 Å². The summed E-state index contributed by atoms with van der Waals surface area (Å²) < 4.78 is 0. The van der Waals surface area contributed by atoms with Crippen LogP contribution in [-0.2, 0) is 4.79 Å². The predicted octanol–water partition coefficient (Wildman–Crippen LogP) is 2.36. The van der Waals surface area contributed by atoms with E-state index in [0.717, 1.165) is 16.6 Å². The van der Waals surface area contributed by atoms with Gasteiger partial charge in [0.05, 0.1) is 5.92 Å². The second-order valence-corrected chi connectivity index (χ2v) is 4.27. The fourth-order valence-corrected chi connectivity index (χ4v) is 1.85. The summed E-state index contributed by atoms with van der Waals surface area (Å²) >= 11 is 0. The number of carbonyl (C=O) groups is 1. The molecule has 0 aliphatic rings. The van der Waals surface area contributed by atoms with Crippen molar-refractivity contribution in [1.82, 2.24) is 9.88 Å². The van der Waals surface area contributed by atoms with E-state index in [9.17, 15) is 4.79 Å². The van der Waals surface area contributed by atoms with Crippen molar-refractivity contribution in [3.8, 4) is 0 Å². The van der Waals surface area contributed by atoms with Gasteiger partial charge in [-0.3, -0.25) is 4.79 Å². The van der Waals surface area contributed by atoms with Crippen LogP contribution in [0.4, 0.5) is 0 Å². The molecule has 2 rings (SSSR count). The summed E-state index contributed by atoms with van der Waals surface area (Å²) in [7, 11) is 3.56. The molecule has 0 aliphatic carbocycles. The molecule has 0 fully saturated rings. The molecule has 1 N–H and O–H groups in total. The van der Waals surface area contributed by atoms with Gasteiger partial charge in [-0.25, -0.2) is 0 Å². The Labute approximate surface area is 95.1 Å². The van der Waals surface area contributed by atoms with E-state index in [4.69, 9.17) is 0 Å². The van der Waals surface area contributed by atoms with Crippen molar-refractivity contribution in [3.63, 3.8) is 0 Å². The quantitative estimate of drug-likeness (QED) is 0.822. The highest BCUT2D eigenvalue weighted by Crippen LogP contribution is 2.22. The molecule has 0 saturated heterocycles. The third kappa shape index (κ3) is 1.81. The summed E-state index contributed by atoms with van der Waals surface area (Å²) in [6.45, 7) is 1.92. The van der Waals surface area contributed by atoms with Crippen molar-refractivity contribution in [1.29, 1.82) is 0 Å². The third-order valence-corrected chi connectivity index (χ3v) is 2.83. The van der Waals surface area contributed by atoms with Crippen LogP contribution in [0, 0.1) is 0 Å². The second kappa shape index (κ2) is 4.00. The number of likely N-dealkylation sites (N-methyl/N-ethyl adjacent to an activating group) is 1. The van der Waals surface area contributed by atoms with E-state index >= 15 is 0 Å². The van der Waals surface area contributed by atoms with Crippen molar-refractivity contribution in [2.24, 2.45) is 0 Å². The van der Waals surface area contributed by atoms with Gasteiger partial charge in [0.2, 0.25) is 5.91 Å². The van der Waals surface area contributed by atoms with Crippen LogP contribution >= 0.6 is 0 Å². The topological polar surface area (TPSA) is 36.1 Å². The predicted molar refractivity (Wildman–Crippen MR) is 65.4 cm³/mol. The number of aromatic nitrogens is 1. The van der Waals surface area contributed by atoms with Crippen LogP contribution < -0.4 is 0 Å². The molecule has 1 unspecified atom stereocenters. The smallest absolute Gasteiger partial charge is 0.230 e. The van der Waals surface area contributed by atoms with E-state index in [1.165, 1.54) is 0 Å². The van der Waals surface area contributed by atoms with Gasteiger partial charge in [-0.15, -0.1) is 0 Å². The fraction of sp³-hybridized carbons (Fsp3) is 0.308. The van der Waals surface area contributed by atoms with Crippen molar-refractivity contribution in [2.45, 2.75) is 12.8 Å². The van der Waals surface area contributed by atoms with E-state index in [1.54, 1.807) is 19.0 Å². The van der Waals surface area contributed by atoms with Gasteiger partial charge in [-0.05, 0) is 24.4 Å². The zero-order valence-corrected chi connectivity index (χ0v) is 9.82. The standard InChI is InChI=1S/C13H16N2O/c1-9(13(16)15(2)3)12-8-10-6-4-5-7-11(10)14-12/h4-9,14H,1-3H3. The van der Waals surface area contributed by atoms with Gasteiger partial charge in [0, 0.05) is 25.3 Å². The zero-order valence-electron chi connectivity index (χ0n) is 9.82. The Morgan fingerprint density at radius 3 is 2.62 bits per heavy atom. The Hall–Kier alpha value is -1.77. The Morgan fingerprint density at radius 2 is 2.00 bits per heavy atom. The van der Waals surface area contributed by atoms with Crippen molar-refractivity contribution < 1.29 is 4.79 Å². The summed E-state index contributed by atoms with van der Waals surface area (Å²) in [5.74, 6) is -0.00560. The summed E-state index contributed by atoms with van der Waals surface area (Å²) in [5.41, 5.74) is 2.05. The lowest BCUT2D eigenvalue weighted by Gasteiger charge is -2.15. The van der Waals surface area contributed by atoms with E-state index in [0.29, 0.717) is 0 Å². The van der Waals surface area contributed by atoms with Crippen LogP contribution in [0.25, 0.3) is 10.9 Å². The average molecular weight is 216 g/mol. The molecule has 1 aromatic carbocycles. The molecule has 0 aliphatic heterocycles. The normalized spacial score (nSPS) is 12.7. The minimum atomic E-state index is -0.123. The summed E-state index contributed by atoms with van der Waals surface area (Å²) in [5, 5.41) is 1.15. The van der Waals surface area contributed by atoms with Crippen LogP contribution in [0.5, 0.6) is 0 Å². The summed E-state index contributed by atoms with van der Waals surface area (Å²) in [6, 6.07) is 10.1. The molecule has 0 radical (unpaired) electrons. The van der Waals surface area contributed by atoms with Crippen molar-refractivity contribution in [2.75, 3.05) is 14.1 Å². The van der Waals surface area contributed by atoms with E-state index in [2.05, 4.69) is 4.98 Å². The number of amides is 1. The van der Waals surface area contributed by atoms with Gasteiger partial charge in [0.1, 0.15) is 0 Å². The highest BCUT2D eigenvalue weighted by atomic mass is 16.2. The number of hydrogen-bond donors (Lipinski definition) is 1. The van der Waals surface area contributed by atoms with Crippen LogP contribution in [0.15, 0.2) is 30.3 Å². The molecular formula is C13H16N2O. The fourth-order valence-electron chi connectivity index (χ4n) is 1.85. The number of fused-ring (bicyclic) bond motifs is 1. The number of para-hydroxylation sites is 1. The number of aromatic amines is 1. The molecule has 1 atom stereocenters. The Balaban J connectivity index is 2.37. The third-order valence-electron chi connectivity index (χ3n) is 2.83. The number of rotatable bonds is 2. The molecule has 2 aromatic rings. The number of benzene rings is 1. The lowest BCUT2D eigenvalue weighted by atomic mass is 10.1. The maximum absolute atomic E-state index is 11.8. The number of hydrogen-bond acceptors (Lipinski definition) is 1. The molecule has 1 aromatic heterocycles. The highest BCUT2D eigenvalue weighted by molar-refractivity contribution is 5.86. The van der Waals surface area contributed by atoms with E-state index in [-0.39, 0.29) is 11.8 Å². The largest absolute Gasteiger partial charge is 0.358 e. The number of nitrogens with zero attached hydrogens (tertiary/aromatic N) is 1. The first-order chi connectivity index (χ1) is 7.59. The molecule has 16 heavy (non-hydrogen) atoms. The van der Waals surface area contributed by atoms with Gasteiger partial charge in [-0.1, -0.05) is 18.2 Å². The Kier molecular flexibility index (Phi) is 2.69. The highest BCUT2D eigenvalue weighted by Gasteiger charge is 2.18. The first-order valence-corrected chi connectivity index (χ1v) is 5.38. The number of nitrogens with one attached hydrogen (secondary N) is 1. The number of H-pyrrole nitrogens is 1. The summed E-state index contributed by atoms with van der Waals surface area (Å²) in [4.78, 5) is 16.7. The minimum absolute atomic E-state index is 0.117. The van der Waals surface area contributed by atoms with Gasteiger partial charge in [0.25, 0.3) is 0 Å².